The van der Waals surface area contributed by atoms with Crippen LogP contribution in [-0.4, -0.2) is 49.9 Å². The molecule has 0 saturated carbocycles. The monoisotopic (exact) mass is 332 g/mol. The second kappa shape index (κ2) is 6.87. The summed E-state index contributed by atoms with van der Waals surface area (Å²) < 4.78 is 4.98. The molecule has 2 rings (SSSR count). The number of nitrogens with one attached hydrogen (secondary N) is 1. The molecule has 2 radical (unpaired) electrons. The predicted molar refractivity (Wildman–Crippen MR) is 71.2 cm³/mol. The summed E-state index contributed by atoms with van der Waals surface area (Å²) in [7, 11) is 0. The number of rotatable bonds is 2. The van der Waals surface area contributed by atoms with Gasteiger partial charge in [-0.15, -0.1) is 0 Å². The number of amidine groups is 1. The summed E-state index contributed by atoms with van der Waals surface area (Å²) in [6.45, 7) is -0.210. The van der Waals surface area contributed by atoms with Crippen LogP contribution in [0.15, 0.2) is 33.9 Å². The summed E-state index contributed by atoms with van der Waals surface area (Å²) in [6.07, 6.45) is 0. The summed E-state index contributed by atoms with van der Waals surface area (Å²) >= 11 is 2.16. The first kappa shape index (κ1) is 14.3. The Bertz CT molecular complexity index is 687. The van der Waals surface area contributed by atoms with Gasteiger partial charge in [0.2, 0.25) is 0 Å². The number of aliphatic hydroxyl groups excluding tert-OH is 1. The van der Waals surface area contributed by atoms with E-state index in [9.17, 15) is 0 Å². The third kappa shape index (κ3) is 3.45. The van der Waals surface area contributed by atoms with Crippen LogP contribution in [0.3, 0.4) is 0 Å². The van der Waals surface area contributed by atoms with E-state index in [1.54, 1.807) is 24.3 Å². The Morgan fingerprint density at radius 1 is 1.45 bits per heavy atom. The molecule has 2 aromatic rings. The van der Waals surface area contributed by atoms with Crippen LogP contribution in [0, 0.1) is 11.8 Å². The van der Waals surface area contributed by atoms with E-state index < -0.39 is 0 Å². The van der Waals surface area contributed by atoms with Gasteiger partial charge in [0.15, 0.2) is 0 Å². The molecule has 0 unspecified atom stereocenters. The van der Waals surface area contributed by atoms with E-state index in [2.05, 4.69) is 48.6 Å². The van der Waals surface area contributed by atoms with Crippen LogP contribution in [0.4, 0.5) is 5.69 Å². The molecule has 0 aliphatic heterocycles. The van der Waals surface area contributed by atoms with Crippen LogP contribution in [0.25, 0.3) is 0 Å². The van der Waals surface area contributed by atoms with Crippen molar-refractivity contribution in [1.29, 1.82) is 0 Å². The molecule has 0 spiro atoms. The topological polar surface area (TPSA) is 104 Å². The molecular weight excluding hydrogens is 323 g/mol. The molecule has 8 heteroatoms. The molecule has 1 aromatic carbocycles. The van der Waals surface area contributed by atoms with Gasteiger partial charge in [0, 0.05) is 0 Å². The van der Waals surface area contributed by atoms with Gasteiger partial charge in [-0.1, -0.05) is 0 Å². The van der Waals surface area contributed by atoms with Gasteiger partial charge < -0.3 is 0 Å². The van der Waals surface area contributed by atoms with Crippen molar-refractivity contribution in [2.75, 3.05) is 6.61 Å². The van der Waals surface area contributed by atoms with Crippen molar-refractivity contribution in [2.45, 2.75) is 0 Å². The summed E-state index contributed by atoms with van der Waals surface area (Å²) in [5.41, 5.74) is 3.50. The van der Waals surface area contributed by atoms with Crippen molar-refractivity contribution in [3.63, 3.8) is 0 Å². The Kier molecular flexibility index (Phi) is 4.90. The van der Waals surface area contributed by atoms with Crippen LogP contribution < -0.4 is 9.96 Å². The van der Waals surface area contributed by atoms with E-state index in [0.29, 0.717) is 21.4 Å². The van der Waals surface area contributed by atoms with Crippen molar-refractivity contribution in [3.8, 4) is 11.8 Å². The van der Waals surface area contributed by atoms with Crippen molar-refractivity contribution < 1.29 is 14.9 Å². The number of nitrogens with zero attached hydrogens (tertiary/aromatic N) is 3. The summed E-state index contributed by atoms with van der Waals surface area (Å²) in [5, 5.41) is 25.0. The molecule has 0 amide bonds. The van der Waals surface area contributed by atoms with Gasteiger partial charge in [-0.25, -0.2) is 0 Å². The molecule has 1 heterocycles. The maximum absolute atomic E-state index is 9.14. The van der Waals surface area contributed by atoms with E-state index in [1.165, 1.54) is 0 Å². The molecule has 0 aliphatic rings. The Morgan fingerprint density at radius 3 is 2.95 bits per heavy atom. The molecule has 3 N–H and O–H groups in total. The molecule has 0 fully saturated rings. The standard InChI is InChI=1S/C12H9AsN4O3/c13-11-10(16-20-17-11)12(15-19)14-9-5-1-3-8(7-9)4-2-6-18/h1,3,5,7,18-19H,6H2,(H,14,15). The van der Waals surface area contributed by atoms with Gasteiger partial charge in [-0.05, 0) is 0 Å². The number of aliphatic imine (C=N–C) groups is 1. The second-order valence-electron chi connectivity index (χ2n) is 3.52. The molecule has 0 bridgehead atoms. The Balaban J connectivity index is 2.35. The number of benzene rings is 1. The van der Waals surface area contributed by atoms with Crippen LogP contribution in [0.1, 0.15) is 11.3 Å². The van der Waals surface area contributed by atoms with Crippen LogP contribution in [0.2, 0.25) is 0 Å². The minimum absolute atomic E-state index is 0.106. The molecule has 20 heavy (non-hydrogen) atoms. The first-order valence-corrected chi connectivity index (χ1v) is 6.39. The Labute approximate surface area is 123 Å². The van der Waals surface area contributed by atoms with Gasteiger partial charge in [-0.2, -0.15) is 0 Å². The Hall–Kier alpha value is -2.13. The van der Waals surface area contributed by atoms with E-state index in [0.717, 1.165) is 0 Å². The fourth-order valence-corrected chi connectivity index (χ4v) is 1.77. The van der Waals surface area contributed by atoms with E-state index in [4.69, 9.17) is 10.3 Å². The summed E-state index contributed by atoms with van der Waals surface area (Å²) in [5.74, 6) is 5.42. The van der Waals surface area contributed by atoms with E-state index >= 15 is 0 Å². The number of hydrogen-bond donors (Lipinski definition) is 3. The number of aromatic nitrogens is 2. The van der Waals surface area contributed by atoms with Gasteiger partial charge in [-0.3, -0.25) is 0 Å². The predicted octanol–water partition coefficient (Wildman–Crippen LogP) is -0.736. The van der Waals surface area contributed by atoms with Crippen LogP contribution >= 0.6 is 0 Å². The van der Waals surface area contributed by atoms with Crippen molar-refractivity contribution in [2.24, 2.45) is 4.99 Å². The minimum atomic E-state index is -0.210. The van der Waals surface area contributed by atoms with Crippen molar-refractivity contribution in [1.82, 2.24) is 15.8 Å². The molecule has 0 saturated heterocycles. The normalized spacial score (nSPS) is 10.8. The number of hydroxylamine groups is 1. The van der Waals surface area contributed by atoms with Crippen molar-refractivity contribution >= 4 is 32.9 Å². The fourth-order valence-electron chi connectivity index (χ4n) is 1.39. The first-order valence-electron chi connectivity index (χ1n) is 5.45. The van der Waals surface area contributed by atoms with Gasteiger partial charge >= 0.3 is 123 Å². The molecule has 0 aliphatic carbocycles. The van der Waals surface area contributed by atoms with Gasteiger partial charge in [0.1, 0.15) is 0 Å². The number of aliphatic hydroxyl groups is 1. The quantitative estimate of drug-likeness (QED) is 0.220. The zero-order chi connectivity index (χ0) is 14.4. The third-order valence-corrected chi connectivity index (χ3v) is 2.82. The first-order chi connectivity index (χ1) is 9.74. The van der Waals surface area contributed by atoms with E-state index in [-0.39, 0.29) is 12.4 Å². The van der Waals surface area contributed by atoms with Gasteiger partial charge in [0.25, 0.3) is 0 Å². The number of hydrogen-bond acceptors (Lipinski definition) is 6. The van der Waals surface area contributed by atoms with Gasteiger partial charge in [0.05, 0.1) is 0 Å². The fraction of sp³-hybridized carbons (Fsp3) is 0.0833. The molecular formula is C12H9AsN4O3. The molecule has 7 nitrogen and oxygen atoms in total. The zero-order valence-electron chi connectivity index (χ0n) is 10.1. The second-order valence-corrected chi connectivity index (χ2v) is 4.41. The van der Waals surface area contributed by atoms with E-state index in [1.807, 2.05) is 5.48 Å². The molecule has 0 atom stereocenters. The summed E-state index contributed by atoms with van der Waals surface area (Å²) in [4.78, 5) is 4.20. The molecule has 100 valence electrons. The maximum atomic E-state index is 9.14. The van der Waals surface area contributed by atoms with Crippen LogP contribution in [-0.2, 0) is 0 Å². The zero-order valence-corrected chi connectivity index (χ0v) is 12.0. The average molecular weight is 332 g/mol. The third-order valence-electron chi connectivity index (χ3n) is 2.20. The van der Waals surface area contributed by atoms with Crippen LogP contribution in [0.5, 0.6) is 0 Å². The molecule has 1 aromatic heterocycles. The average Bonchev–Trinajstić information content (AvgIpc) is 2.89. The van der Waals surface area contributed by atoms with Crippen molar-refractivity contribution in [3.05, 3.63) is 35.5 Å². The SMILES string of the molecule is OCC#Cc1cccc(N=C(NO)c2nonc2[As])c1. The summed E-state index contributed by atoms with van der Waals surface area (Å²) in [6, 6.07) is 6.99. The Morgan fingerprint density at radius 2 is 2.30 bits per heavy atom.